The highest BCUT2D eigenvalue weighted by atomic mass is 14.4. The molecular weight excluding hydrogens is 168 g/mol. The molecule has 0 amide bonds. The highest BCUT2D eigenvalue weighted by Crippen LogP contribution is 2.50. The Morgan fingerprint density at radius 3 is 2.71 bits per heavy atom. The van der Waals surface area contributed by atoms with E-state index in [-0.39, 0.29) is 0 Å². The number of fused-ring (bicyclic) bond motifs is 1. The number of hydrogen-bond acceptors (Lipinski definition) is 0. The largest absolute Gasteiger partial charge is 0.0808 e. The lowest BCUT2D eigenvalue weighted by atomic mass is 9.96. The van der Waals surface area contributed by atoms with E-state index >= 15 is 0 Å². The van der Waals surface area contributed by atoms with Crippen molar-refractivity contribution in [3.05, 3.63) is 53.6 Å². The maximum Gasteiger partial charge on any atom is -0.00869 e. The maximum atomic E-state index is 2.34. The first kappa shape index (κ1) is 8.05. The summed E-state index contributed by atoms with van der Waals surface area (Å²) in [6.07, 6.45) is 8.18. The van der Waals surface area contributed by atoms with Crippen LogP contribution in [0.4, 0.5) is 0 Å². The molecule has 2 aliphatic carbocycles. The Morgan fingerprint density at radius 2 is 1.93 bits per heavy atom. The fourth-order valence-electron chi connectivity index (χ4n) is 2.27. The van der Waals surface area contributed by atoms with E-state index in [1.165, 1.54) is 23.1 Å². The Hall–Kier alpha value is -1.30. The molecule has 3 rings (SSSR count). The summed E-state index contributed by atoms with van der Waals surface area (Å²) in [6, 6.07) is 8.89. The molecule has 2 unspecified atom stereocenters. The van der Waals surface area contributed by atoms with Crippen LogP contribution in [0.5, 0.6) is 0 Å². The molecule has 0 bridgehead atoms. The zero-order chi connectivity index (χ0) is 9.54. The summed E-state index contributed by atoms with van der Waals surface area (Å²) >= 11 is 0. The van der Waals surface area contributed by atoms with Crippen molar-refractivity contribution in [3.63, 3.8) is 0 Å². The molecule has 1 aromatic rings. The predicted molar refractivity (Wildman–Crippen MR) is 59.9 cm³/mol. The molecule has 0 N–H and O–H groups in total. The summed E-state index contributed by atoms with van der Waals surface area (Å²) in [4.78, 5) is 0. The van der Waals surface area contributed by atoms with Crippen LogP contribution in [-0.2, 0) is 0 Å². The van der Waals surface area contributed by atoms with E-state index in [0.29, 0.717) is 0 Å². The average Bonchev–Trinajstić information content (AvgIpc) is 2.97. The first-order valence-electron chi connectivity index (χ1n) is 5.30. The lowest BCUT2D eigenvalue weighted by Gasteiger charge is -2.09. The molecule has 0 aromatic heterocycles. The Balaban J connectivity index is 1.99. The molecule has 0 spiro atoms. The van der Waals surface area contributed by atoms with Gasteiger partial charge in [0.05, 0.1) is 0 Å². The van der Waals surface area contributed by atoms with Gasteiger partial charge in [-0.2, -0.15) is 0 Å². The fourth-order valence-corrected chi connectivity index (χ4v) is 2.27. The predicted octanol–water partition coefficient (Wildman–Crippen LogP) is 3.58. The Bertz CT molecular complexity index is 406. The van der Waals surface area contributed by atoms with Crippen molar-refractivity contribution in [1.29, 1.82) is 0 Å². The third-order valence-corrected chi connectivity index (χ3v) is 3.26. The van der Waals surface area contributed by atoms with Gasteiger partial charge in [0.1, 0.15) is 0 Å². The molecule has 1 saturated carbocycles. The second kappa shape index (κ2) is 2.84. The van der Waals surface area contributed by atoms with Crippen LogP contribution in [0, 0.1) is 18.8 Å². The van der Waals surface area contributed by atoms with E-state index in [2.05, 4.69) is 49.4 Å². The van der Waals surface area contributed by atoms with Gasteiger partial charge in [-0.05, 0) is 36.3 Å². The fraction of sp³-hybridized carbons (Fsp3) is 0.286. The van der Waals surface area contributed by atoms with Crippen molar-refractivity contribution in [3.8, 4) is 0 Å². The molecule has 0 nitrogen and oxygen atoms in total. The highest BCUT2D eigenvalue weighted by molar-refractivity contribution is 5.73. The molecule has 1 aromatic carbocycles. The van der Waals surface area contributed by atoms with Crippen molar-refractivity contribution in [2.45, 2.75) is 13.3 Å². The van der Waals surface area contributed by atoms with Crippen LogP contribution in [0.15, 0.2) is 42.5 Å². The lowest BCUT2D eigenvalue weighted by Crippen LogP contribution is -1.91. The molecule has 2 atom stereocenters. The molecule has 14 heavy (non-hydrogen) atoms. The number of aryl methyl sites for hydroxylation is 1. The van der Waals surface area contributed by atoms with Gasteiger partial charge in [0.25, 0.3) is 0 Å². The quantitative estimate of drug-likeness (QED) is 0.622. The van der Waals surface area contributed by atoms with Crippen LogP contribution < -0.4 is 0 Å². The zero-order valence-electron chi connectivity index (χ0n) is 8.40. The minimum atomic E-state index is 0.822. The van der Waals surface area contributed by atoms with Gasteiger partial charge >= 0.3 is 0 Å². The summed E-state index contributed by atoms with van der Waals surface area (Å²) in [5.74, 6) is 1.67. The van der Waals surface area contributed by atoms with E-state index in [4.69, 9.17) is 0 Å². The molecule has 0 heterocycles. The Morgan fingerprint density at radius 1 is 1.14 bits per heavy atom. The van der Waals surface area contributed by atoms with Gasteiger partial charge in [0.2, 0.25) is 0 Å². The van der Waals surface area contributed by atoms with Crippen molar-refractivity contribution in [1.82, 2.24) is 0 Å². The molecule has 0 heteroatoms. The molecule has 0 radical (unpaired) electrons. The molecule has 0 aliphatic heterocycles. The van der Waals surface area contributed by atoms with Crippen LogP contribution in [0.25, 0.3) is 5.57 Å². The van der Waals surface area contributed by atoms with Crippen LogP contribution in [0.3, 0.4) is 0 Å². The first-order chi connectivity index (χ1) is 6.84. The smallest absolute Gasteiger partial charge is 0.00869 e. The van der Waals surface area contributed by atoms with Crippen LogP contribution >= 0.6 is 0 Å². The van der Waals surface area contributed by atoms with E-state index < -0.39 is 0 Å². The number of allylic oxidation sites excluding steroid dienone is 4. The SMILES string of the molecule is Cc1ccc(C2=CC=CC3CC23)cc1. The van der Waals surface area contributed by atoms with Gasteiger partial charge in [-0.15, -0.1) is 0 Å². The summed E-state index contributed by atoms with van der Waals surface area (Å²) in [7, 11) is 0. The Kier molecular flexibility index (Phi) is 1.63. The third-order valence-electron chi connectivity index (χ3n) is 3.26. The van der Waals surface area contributed by atoms with Crippen LogP contribution in [0.1, 0.15) is 17.5 Å². The molecule has 70 valence electrons. The second-order valence-corrected chi connectivity index (χ2v) is 4.38. The second-order valence-electron chi connectivity index (χ2n) is 4.38. The minimum absolute atomic E-state index is 0.822. The summed E-state index contributed by atoms with van der Waals surface area (Å²) in [5, 5.41) is 0. The maximum absolute atomic E-state index is 2.34. The van der Waals surface area contributed by atoms with E-state index in [1.807, 2.05) is 0 Å². The Labute approximate surface area is 85.0 Å². The molecule has 0 saturated heterocycles. The van der Waals surface area contributed by atoms with Gasteiger partial charge < -0.3 is 0 Å². The van der Waals surface area contributed by atoms with E-state index in [9.17, 15) is 0 Å². The van der Waals surface area contributed by atoms with Gasteiger partial charge in [-0.3, -0.25) is 0 Å². The molecule has 1 fully saturated rings. The normalized spacial score (nSPS) is 28.2. The van der Waals surface area contributed by atoms with Crippen LogP contribution in [0.2, 0.25) is 0 Å². The van der Waals surface area contributed by atoms with Crippen LogP contribution in [-0.4, -0.2) is 0 Å². The van der Waals surface area contributed by atoms with Gasteiger partial charge in [-0.1, -0.05) is 48.1 Å². The standard InChI is InChI=1S/C14H14/c1-10-5-7-11(8-6-10)13-4-2-3-12-9-14(12)13/h2-8,12,14H,9H2,1H3. The van der Waals surface area contributed by atoms with Crippen molar-refractivity contribution < 1.29 is 0 Å². The summed E-state index contributed by atoms with van der Waals surface area (Å²) in [6.45, 7) is 2.14. The van der Waals surface area contributed by atoms with Crippen molar-refractivity contribution >= 4 is 5.57 Å². The van der Waals surface area contributed by atoms with Crippen molar-refractivity contribution in [2.75, 3.05) is 0 Å². The topological polar surface area (TPSA) is 0 Å². The lowest BCUT2D eigenvalue weighted by molar-refractivity contribution is 0.999. The highest BCUT2D eigenvalue weighted by Gasteiger charge is 2.39. The van der Waals surface area contributed by atoms with E-state index in [0.717, 1.165) is 11.8 Å². The van der Waals surface area contributed by atoms with Gasteiger partial charge in [0, 0.05) is 0 Å². The number of benzene rings is 1. The minimum Gasteiger partial charge on any atom is -0.0808 e. The number of rotatable bonds is 1. The zero-order valence-corrected chi connectivity index (χ0v) is 8.40. The molecule has 2 aliphatic rings. The van der Waals surface area contributed by atoms with E-state index in [1.54, 1.807) is 0 Å². The summed E-state index contributed by atoms with van der Waals surface area (Å²) in [5.41, 5.74) is 4.29. The van der Waals surface area contributed by atoms with Gasteiger partial charge in [0.15, 0.2) is 0 Å². The monoisotopic (exact) mass is 182 g/mol. The van der Waals surface area contributed by atoms with Gasteiger partial charge in [-0.25, -0.2) is 0 Å². The third kappa shape index (κ3) is 1.22. The molecular formula is C14H14. The van der Waals surface area contributed by atoms with Crippen molar-refractivity contribution in [2.24, 2.45) is 11.8 Å². The number of hydrogen-bond donors (Lipinski definition) is 0. The first-order valence-corrected chi connectivity index (χ1v) is 5.30. The summed E-state index contributed by atoms with van der Waals surface area (Å²) < 4.78 is 0. The average molecular weight is 182 g/mol.